The average molecular weight is 484 g/mol. The van der Waals surface area contributed by atoms with Crippen LogP contribution in [-0.2, 0) is 14.2 Å². The first kappa shape index (κ1) is 31.9. The maximum absolute atomic E-state index is 6.11. The van der Waals surface area contributed by atoms with Crippen LogP contribution in [0.1, 0.15) is 137 Å². The van der Waals surface area contributed by atoms with Crippen molar-refractivity contribution in [2.24, 2.45) is 10.8 Å². The van der Waals surface area contributed by atoms with E-state index in [4.69, 9.17) is 14.2 Å². The van der Waals surface area contributed by atoms with Crippen LogP contribution in [-0.4, -0.2) is 45.8 Å². The van der Waals surface area contributed by atoms with E-state index in [9.17, 15) is 0 Å². The highest BCUT2D eigenvalue weighted by atomic mass is 16.7. The van der Waals surface area contributed by atoms with Crippen molar-refractivity contribution in [1.29, 1.82) is 0 Å². The average Bonchev–Trinajstić information content (AvgIpc) is 2.80. The molecule has 0 aliphatic carbocycles. The lowest BCUT2D eigenvalue weighted by molar-refractivity contribution is -0.194. The summed E-state index contributed by atoms with van der Waals surface area (Å²) in [5.74, 6) is 0. The van der Waals surface area contributed by atoms with Gasteiger partial charge in [0.25, 0.3) is 0 Å². The molecule has 0 amide bonds. The molecule has 0 bridgehead atoms. The van der Waals surface area contributed by atoms with Crippen molar-refractivity contribution in [3.63, 3.8) is 0 Å². The molecule has 0 aromatic heterocycles. The van der Waals surface area contributed by atoms with Crippen molar-refractivity contribution in [1.82, 2.24) is 5.32 Å². The van der Waals surface area contributed by atoms with Crippen molar-refractivity contribution >= 4 is 0 Å². The highest BCUT2D eigenvalue weighted by Crippen LogP contribution is 2.35. The van der Waals surface area contributed by atoms with Gasteiger partial charge in [0, 0.05) is 12.5 Å². The molecule has 0 radical (unpaired) electrons. The number of unbranched alkanes of at least 4 members (excludes halogenated alkanes) is 9. The van der Waals surface area contributed by atoms with Gasteiger partial charge in [-0.3, -0.25) is 0 Å². The minimum absolute atomic E-state index is 0.0106. The quantitative estimate of drug-likeness (QED) is 0.124. The van der Waals surface area contributed by atoms with Crippen LogP contribution in [0.5, 0.6) is 0 Å². The third-order valence-electron chi connectivity index (χ3n) is 7.73. The molecule has 1 saturated heterocycles. The number of rotatable bonds is 22. The summed E-state index contributed by atoms with van der Waals surface area (Å²) in [5.41, 5.74) is 0.444. The van der Waals surface area contributed by atoms with E-state index < -0.39 is 0 Å². The molecule has 1 aliphatic rings. The third kappa shape index (κ3) is 15.8. The molecule has 4 heteroatoms. The fourth-order valence-corrected chi connectivity index (χ4v) is 5.30. The van der Waals surface area contributed by atoms with Gasteiger partial charge >= 0.3 is 0 Å². The van der Waals surface area contributed by atoms with Crippen LogP contribution < -0.4 is 5.32 Å². The van der Waals surface area contributed by atoms with Gasteiger partial charge < -0.3 is 19.5 Å². The van der Waals surface area contributed by atoms with E-state index in [0.29, 0.717) is 24.7 Å². The van der Waals surface area contributed by atoms with Gasteiger partial charge in [0.2, 0.25) is 0 Å². The molecule has 0 aromatic carbocycles. The molecule has 4 nitrogen and oxygen atoms in total. The molecule has 0 aromatic rings. The normalized spacial score (nSPS) is 16.8. The number of methoxy groups -OCH3 is 1. The number of hydrogen-bond donors (Lipinski definition) is 1. The molecule has 1 rings (SSSR count). The van der Waals surface area contributed by atoms with Crippen molar-refractivity contribution in [3.05, 3.63) is 0 Å². The third-order valence-corrected chi connectivity index (χ3v) is 7.73. The maximum atomic E-state index is 6.11. The molecule has 1 heterocycles. The van der Waals surface area contributed by atoms with Crippen LogP contribution in [0.3, 0.4) is 0 Å². The molecule has 1 unspecified atom stereocenters. The summed E-state index contributed by atoms with van der Waals surface area (Å²) in [6, 6.07) is 0. The summed E-state index contributed by atoms with van der Waals surface area (Å²) in [6.45, 7) is 15.2. The first-order chi connectivity index (χ1) is 16.3. The van der Waals surface area contributed by atoms with Crippen molar-refractivity contribution in [3.8, 4) is 0 Å². The largest absolute Gasteiger partial charge is 0.376 e. The molecule has 204 valence electrons. The molecule has 1 fully saturated rings. The number of piperidine rings is 1. The van der Waals surface area contributed by atoms with Crippen LogP contribution in [0, 0.1) is 10.8 Å². The second kappa shape index (κ2) is 19.0. The van der Waals surface area contributed by atoms with Gasteiger partial charge in [0.1, 0.15) is 0 Å². The molecule has 1 atom stereocenters. The lowest BCUT2D eigenvalue weighted by Gasteiger charge is -2.34. The topological polar surface area (TPSA) is 39.7 Å². The van der Waals surface area contributed by atoms with E-state index in [1.807, 2.05) is 0 Å². The van der Waals surface area contributed by atoms with Crippen LogP contribution in [0.15, 0.2) is 0 Å². The Morgan fingerprint density at radius 3 is 1.88 bits per heavy atom. The monoisotopic (exact) mass is 483 g/mol. The first-order valence-electron chi connectivity index (χ1n) is 14.8. The summed E-state index contributed by atoms with van der Waals surface area (Å²) in [4.78, 5) is 0. The molecular weight excluding hydrogens is 422 g/mol. The van der Waals surface area contributed by atoms with Gasteiger partial charge in [-0.25, -0.2) is 0 Å². The Kier molecular flexibility index (Phi) is 17.8. The van der Waals surface area contributed by atoms with Gasteiger partial charge in [-0.1, -0.05) is 105 Å². The Hall–Kier alpha value is -0.160. The summed E-state index contributed by atoms with van der Waals surface area (Å²) < 4.78 is 17.8. The second-order valence-corrected chi connectivity index (χ2v) is 12.2. The highest BCUT2D eigenvalue weighted by molar-refractivity contribution is 4.76. The minimum atomic E-state index is -0.172. The summed E-state index contributed by atoms with van der Waals surface area (Å²) in [7, 11) is 1.77. The summed E-state index contributed by atoms with van der Waals surface area (Å²) >= 11 is 0. The zero-order valence-corrected chi connectivity index (χ0v) is 24.0. The summed E-state index contributed by atoms with van der Waals surface area (Å²) in [5, 5.41) is 3.38. The van der Waals surface area contributed by atoms with Gasteiger partial charge in [-0.05, 0) is 50.6 Å². The lowest BCUT2D eigenvalue weighted by atomic mass is 9.78. The molecule has 0 saturated carbocycles. The van der Waals surface area contributed by atoms with Crippen molar-refractivity contribution in [2.75, 3.05) is 33.4 Å². The molecular formula is C30H61NO3. The van der Waals surface area contributed by atoms with Crippen LogP contribution in [0.4, 0.5) is 0 Å². The number of ether oxygens (including phenoxy) is 3. The highest BCUT2D eigenvalue weighted by Gasteiger charge is 2.31. The standard InChI is InChI=1S/C30H61NO3/c1-7-8-9-10-11-12-13-14-15-16-20-29(2,3)21-17-22-30(4,5)28(32-6)34-26-25-33-27-18-23-31-24-19-27/h27-28,31H,7-26H2,1-6H3. The predicted octanol–water partition coefficient (Wildman–Crippen LogP) is 8.28. The van der Waals surface area contributed by atoms with E-state index in [-0.39, 0.29) is 11.7 Å². The predicted molar refractivity (Wildman–Crippen MR) is 146 cm³/mol. The second-order valence-electron chi connectivity index (χ2n) is 12.2. The van der Waals surface area contributed by atoms with Gasteiger partial charge in [-0.15, -0.1) is 0 Å². The van der Waals surface area contributed by atoms with E-state index in [2.05, 4.69) is 39.9 Å². The Bertz CT molecular complexity index is 460. The molecule has 0 spiro atoms. The smallest absolute Gasteiger partial charge is 0.162 e. The zero-order chi connectivity index (χ0) is 25.1. The SMILES string of the molecule is CCCCCCCCCCCCC(C)(C)CCCC(C)(C)C(OC)OCCOC1CCNCC1. The number of hydrogen-bond acceptors (Lipinski definition) is 4. The van der Waals surface area contributed by atoms with Crippen molar-refractivity contribution < 1.29 is 14.2 Å². The first-order valence-corrected chi connectivity index (χ1v) is 14.8. The van der Waals surface area contributed by atoms with E-state index in [0.717, 1.165) is 32.4 Å². The fourth-order valence-electron chi connectivity index (χ4n) is 5.30. The van der Waals surface area contributed by atoms with Crippen molar-refractivity contribution in [2.45, 2.75) is 150 Å². The molecule has 34 heavy (non-hydrogen) atoms. The van der Waals surface area contributed by atoms with Gasteiger partial charge in [0.15, 0.2) is 6.29 Å². The Labute approximate surface area is 213 Å². The van der Waals surface area contributed by atoms with Gasteiger partial charge in [0.05, 0.1) is 19.3 Å². The molecule has 1 N–H and O–H groups in total. The lowest BCUT2D eigenvalue weighted by Crippen LogP contribution is -2.36. The fraction of sp³-hybridized carbons (Fsp3) is 1.00. The Balaban J connectivity index is 2.12. The Morgan fingerprint density at radius 1 is 0.735 bits per heavy atom. The van der Waals surface area contributed by atoms with Crippen LogP contribution in [0.2, 0.25) is 0 Å². The molecule has 1 aliphatic heterocycles. The van der Waals surface area contributed by atoms with E-state index in [1.54, 1.807) is 7.11 Å². The zero-order valence-electron chi connectivity index (χ0n) is 24.0. The van der Waals surface area contributed by atoms with Gasteiger partial charge in [-0.2, -0.15) is 0 Å². The van der Waals surface area contributed by atoms with Crippen LogP contribution >= 0.6 is 0 Å². The van der Waals surface area contributed by atoms with E-state index in [1.165, 1.54) is 83.5 Å². The van der Waals surface area contributed by atoms with E-state index >= 15 is 0 Å². The minimum Gasteiger partial charge on any atom is -0.376 e. The Morgan fingerprint density at radius 2 is 1.29 bits per heavy atom. The number of nitrogens with one attached hydrogen (secondary N) is 1. The van der Waals surface area contributed by atoms with Crippen LogP contribution in [0.25, 0.3) is 0 Å². The summed E-state index contributed by atoms with van der Waals surface area (Å²) in [6.07, 6.45) is 21.6. The maximum Gasteiger partial charge on any atom is 0.162 e.